The molecule has 0 saturated carbocycles. The second kappa shape index (κ2) is 12.8. The van der Waals surface area contributed by atoms with Crippen molar-refractivity contribution in [2.45, 2.75) is 69.4 Å². The third-order valence-corrected chi connectivity index (χ3v) is 8.43. The Balaban J connectivity index is 1.60. The molecule has 0 aromatic heterocycles. The number of carbonyl (C=O) groups is 4. The monoisotopic (exact) mass is 587 g/mol. The first-order valence-electron chi connectivity index (χ1n) is 14.0. The summed E-state index contributed by atoms with van der Waals surface area (Å²) in [6.07, 6.45) is 3.72. The molecule has 3 saturated heterocycles. The number of ether oxygens (including phenoxy) is 2. The summed E-state index contributed by atoms with van der Waals surface area (Å²) in [5.74, 6) is -3.46. The molecular formula is C30H38ClN3O7. The topological polar surface area (TPSA) is 125 Å². The second-order valence-corrected chi connectivity index (χ2v) is 11.4. The van der Waals surface area contributed by atoms with Crippen LogP contribution in [0.2, 0.25) is 5.02 Å². The molecule has 4 rings (SSSR count). The third kappa shape index (κ3) is 5.78. The number of esters is 1. The van der Waals surface area contributed by atoms with Crippen LogP contribution in [0.3, 0.4) is 0 Å². The van der Waals surface area contributed by atoms with E-state index in [9.17, 15) is 24.3 Å². The number of aliphatic hydroxyl groups excluding tert-OH is 1. The van der Waals surface area contributed by atoms with Crippen LogP contribution in [0.15, 0.2) is 49.6 Å². The van der Waals surface area contributed by atoms with Gasteiger partial charge in [0.2, 0.25) is 11.8 Å². The number of nitrogens with one attached hydrogen (secondary N) is 1. The lowest BCUT2D eigenvalue weighted by Gasteiger charge is -2.38. The number of benzene rings is 1. The summed E-state index contributed by atoms with van der Waals surface area (Å²) in [7, 11) is 0. The molecule has 3 amide bonds. The number of aliphatic hydroxyl groups is 1. The number of hydrogen-bond donors (Lipinski definition) is 2. The van der Waals surface area contributed by atoms with E-state index < -0.39 is 59.5 Å². The van der Waals surface area contributed by atoms with Crippen LogP contribution < -0.4 is 10.2 Å². The van der Waals surface area contributed by atoms with Crippen molar-refractivity contribution < 1.29 is 33.8 Å². The van der Waals surface area contributed by atoms with Gasteiger partial charge in [-0.1, -0.05) is 23.8 Å². The SMILES string of the molecule is C=CCCC(=O)NC[C@@H](C)OC(=O)[C@@H]1[C@@H]2CC[C@]3(O2)[C@H](C(=O)N(CC=C)c2ccc(Cl)cc2)N([C@H](C)CO)C(=O)[C@@H]13. The number of nitrogens with zero attached hydrogens (tertiary/aromatic N) is 2. The Morgan fingerprint density at radius 2 is 1.98 bits per heavy atom. The number of hydrogen-bond acceptors (Lipinski definition) is 7. The van der Waals surface area contributed by atoms with Crippen LogP contribution in [0, 0.1) is 11.8 Å². The van der Waals surface area contributed by atoms with Gasteiger partial charge in [0.25, 0.3) is 5.91 Å². The summed E-state index contributed by atoms with van der Waals surface area (Å²) in [5, 5.41) is 13.3. The van der Waals surface area contributed by atoms with Gasteiger partial charge in [0.05, 0.1) is 37.1 Å². The number of rotatable bonds is 13. The zero-order valence-corrected chi connectivity index (χ0v) is 24.2. The molecule has 2 N–H and O–H groups in total. The smallest absolute Gasteiger partial charge is 0.312 e. The Morgan fingerprint density at radius 3 is 2.61 bits per heavy atom. The Morgan fingerprint density at radius 1 is 1.27 bits per heavy atom. The Bertz CT molecular complexity index is 1190. The van der Waals surface area contributed by atoms with E-state index in [1.54, 1.807) is 50.3 Å². The van der Waals surface area contributed by atoms with Gasteiger partial charge in [0, 0.05) is 23.7 Å². The molecule has 222 valence electrons. The van der Waals surface area contributed by atoms with E-state index in [1.807, 2.05) is 0 Å². The van der Waals surface area contributed by atoms with Crippen molar-refractivity contribution in [1.82, 2.24) is 10.2 Å². The molecule has 3 aliphatic heterocycles. The van der Waals surface area contributed by atoms with E-state index >= 15 is 0 Å². The lowest BCUT2D eigenvalue weighted by atomic mass is 9.70. The third-order valence-electron chi connectivity index (χ3n) is 8.18. The quantitative estimate of drug-likeness (QED) is 0.268. The van der Waals surface area contributed by atoms with Gasteiger partial charge in [-0.15, -0.1) is 13.2 Å². The molecule has 0 aliphatic carbocycles. The largest absolute Gasteiger partial charge is 0.460 e. The van der Waals surface area contributed by atoms with Gasteiger partial charge >= 0.3 is 5.97 Å². The van der Waals surface area contributed by atoms with Crippen molar-refractivity contribution in [2.24, 2.45) is 11.8 Å². The van der Waals surface area contributed by atoms with Crippen LogP contribution >= 0.6 is 11.6 Å². The molecule has 7 atom stereocenters. The standard InChI is InChI=1S/C30H38ClN3O7/c1-5-7-8-23(36)32-16-19(4)40-29(39)24-22-13-14-30(41-22)25(24)27(37)34(18(3)17-35)26(30)28(38)33(15-6-2)21-11-9-20(31)10-12-21/h5-6,9-12,18-19,22,24-26,35H,1-2,7-8,13-17H2,3-4H3,(H,32,36)/t18-,19-,22+,24-,25-,26+,30-/m1/s1. The first-order valence-corrected chi connectivity index (χ1v) is 14.3. The molecule has 41 heavy (non-hydrogen) atoms. The lowest BCUT2D eigenvalue weighted by Crippen LogP contribution is -2.58. The Hall–Kier alpha value is -3.21. The van der Waals surface area contributed by atoms with Crippen molar-refractivity contribution in [3.63, 3.8) is 0 Å². The molecule has 2 bridgehead atoms. The Kier molecular flexibility index (Phi) is 9.56. The molecule has 1 aromatic rings. The van der Waals surface area contributed by atoms with Gasteiger partial charge in [-0.2, -0.15) is 0 Å². The number of amides is 3. The van der Waals surface area contributed by atoms with Crippen LogP contribution in [0.1, 0.15) is 39.5 Å². The summed E-state index contributed by atoms with van der Waals surface area (Å²) in [6.45, 7) is 10.6. The molecule has 1 aromatic carbocycles. The minimum Gasteiger partial charge on any atom is -0.460 e. The van der Waals surface area contributed by atoms with Gasteiger partial charge in [0.15, 0.2) is 0 Å². The maximum atomic E-state index is 14.3. The molecule has 3 fully saturated rings. The first-order chi connectivity index (χ1) is 19.6. The van der Waals surface area contributed by atoms with Crippen molar-refractivity contribution in [3.05, 3.63) is 54.6 Å². The summed E-state index contributed by atoms with van der Waals surface area (Å²) in [5.41, 5.74) is -0.685. The molecule has 1 spiro atoms. The lowest BCUT2D eigenvalue weighted by molar-refractivity contribution is -0.159. The highest BCUT2D eigenvalue weighted by molar-refractivity contribution is 6.30. The van der Waals surface area contributed by atoms with E-state index in [1.165, 1.54) is 9.80 Å². The fourth-order valence-electron chi connectivity index (χ4n) is 6.32. The van der Waals surface area contributed by atoms with Crippen LogP contribution in [-0.4, -0.2) is 83.3 Å². The first kappa shape index (κ1) is 30.7. The van der Waals surface area contributed by atoms with E-state index in [0.29, 0.717) is 30.0 Å². The fourth-order valence-corrected chi connectivity index (χ4v) is 6.44. The normalized spacial score (nSPS) is 27.6. The highest BCUT2D eigenvalue weighted by Crippen LogP contribution is 2.59. The van der Waals surface area contributed by atoms with Crippen LogP contribution in [-0.2, 0) is 28.7 Å². The molecule has 0 unspecified atom stereocenters. The van der Waals surface area contributed by atoms with Crippen molar-refractivity contribution in [1.29, 1.82) is 0 Å². The van der Waals surface area contributed by atoms with E-state index in [0.717, 1.165) is 0 Å². The fraction of sp³-hybridized carbons (Fsp3) is 0.533. The van der Waals surface area contributed by atoms with Crippen molar-refractivity contribution in [2.75, 3.05) is 24.6 Å². The Labute approximate surface area is 245 Å². The van der Waals surface area contributed by atoms with Crippen molar-refractivity contribution in [3.8, 4) is 0 Å². The van der Waals surface area contributed by atoms with Gasteiger partial charge < -0.3 is 29.7 Å². The zero-order valence-electron chi connectivity index (χ0n) is 23.5. The van der Waals surface area contributed by atoms with Crippen LogP contribution in [0.5, 0.6) is 0 Å². The average molecular weight is 588 g/mol. The highest BCUT2D eigenvalue weighted by atomic mass is 35.5. The summed E-state index contributed by atoms with van der Waals surface area (Å²) in [4.78, 5) is 56.7. The number of halogens is 1. The molecule has 3 aliphatic rings. The van der Waals surface area contributed by atoms with E-state index in [-0.39, 0.29) is 32.0 Å². The second-order valence-electron chi connectivity index (χ2n) is 10.9. The number of allylic oxidation sites excluding steroid dienone is 1. The maximum Gasteiger partial charge on any atom is 0.312 e. The van der Waals surface area contributed by atoms with E-state index in [4.69, 9.17) is 21.1 Å². The molecule has 11 heteroatoms. The molecule has 0 radical (unpaired) electrons. The van der Waals surface area contributed by atoms with Crippen LogP contribution in [0.25, 0.3) is 0 Å². The number of carbonyl (C=O) groups excluding carboxylic acids is 4. The minimum atomic E-state index is -1.25. The number of fused-ring (bicyclic) bond motifs is 1. The maximum absolute atomic E-state index is 14.3. The molecular weight excluding hydrogens is 550 g/mol. The van der Waals surface area contributed by atoms with Crippen molar-refractivity contribution >= 4 is 41.0 Å². The van der Waals surface area contributed by atoms with Gasteiger partial charge in [-0.3, -0.25) is 19.2 Å². The highest BCUT2D eigenvalue weighted by Gasteiger charge is 2.75. The minimum absolute atomic E-state index is 0.121. The predicted molar refractivity (Wildman–Crippen MR) is 153 cm³/mol. The van der Waals surface area contributed by atoms with Gasteiger partial charge in [-0.25, -0.2) is 0 Å². The number of likely N-dealkylation sites (tertiary alicyclic amines) is 1. The molecule has 10 nitrogen and oxygen atoms in total. The summed E-state index contributed by atoms with van der Waals surface area (Å²) >= 11 is 6.07. The predicted octanol–water partition coefficient (Wildman–Crippen LogP) is 2.63. The zero-order chi connectivity index (χ0) is 29.9. The summed E-state index contributed by atoms with van der Waals surface area (Å²) < 4.78 is 12.1. The summed E-state index contributed by atoms with van der Waals surface area (Å²) in [6, 6.07) is 4.99. The number of anilines is 1. The molecule has 3 heterocycles. The van der Waals surface area contributed by atoms with E-state index in [2.05, 4.69) is 18.5 Å². The average Bonchev–Trinajstić information content (AvgIpc) is 3.60. The van der Waals surface area contributed by atoms with Gasteiger partial charge in [0.1, 0.15) is 17.7 Å². The van der Waals surface area contributed by atoms with Crippen LogP contribution in [0.4, 0.5) is 5.69 Å². The van der Waals surface area contributed by atoms with Gasteiger partial charge in [-0.05, 0) is 57.4 Å².